The summed E-state index contributed by atoms with van der Waals surface area (Å²) < 4.78 is 9.17. The first kappa shape index (κ1) is 19.2. The van der Waals surface area contributed by atoms with Crippen LogP contribution in [0.15, 0.2) is 64.9 Å². The molecule has 1 N–H and O–H groups in total. The summed E-state index contributed by atoms with van der Waals surface area (Å²) >= 11 is 3.32. The predicted octanol–water partition coefficient (Wildman–Crippen LogP) is 5.03. The summed E-state index contributed by atoms with van der Waals surface area (Å²) in [6.07, 6.45) is 1.92. The van der Waals surface area contributed by atoms with Gasteiger partial charge in [0, 0.05) is 41.0 Å². The van der Waals surface area contributed by atoms with Gasteiger partial charge < -0.3 is 4.74 Å². The molecular weight excluding hydrogens is 386 g/mol. The fourth-order valence-electron chi connectivity index (χ4n) is 3.37. The zero-order valence-corrected chi connectivity index (χ0v) is 17.1. The lowest BCUT2D eigenvalue weighted by atomic mass is 9.81. The minimum atomic E-state index is -0.0181. The zero-order chi connectivity index (χ0) is 19.2. The Hall–Kier alpha value is -2.17. The van der Waals surface area contributed by atoms with Crippen molar-refractivity contribution in [2.75, 3.05) is 19.8 Å². The van der Waals surface area contributed by atoms with Crippen molar-refractivity contribution in [1.82, 2.24) is 9.71 Å². The van der Waals surface area contributed by atoms with Gasteiger partial charge in [-0.05, 0) is 43.0 Å². The van der Waals surface area contributed by atoms with Crippen LogP contribution in [0.25, 0.3) is 11.3 Å². The number of benzene rings is 2. The van der Waals surface area contributed by atoms with E-state index in [0.717, 1.165) is 48.8 Å². The van der Waals surface area contributed by atoms with Crippen LogP contribution in [-0.2, 0) is 10.2 Å². The molecule has 0 aliphatic carbocycles. The molecule has 3 aromatic rings. The van der Waals surface area contributed by atoms with E-state index in [1.54, 1.807) is 23.3 Å². The van der Waals surface area contributed by atoms with Crippen molar-refractivity contribution in [2.24, 2.45) is 0 Å². The van der Waals surface area contributed by atoms with Crippen LogP contribution in [0.2, 0.25) is 0 Å². The Morgan fingerprint density at radius 1 is 1.14 bits per heavy atom. The number of thiazole rings is 1. The Morgan fingerprint density at radius 3 is 2.75 bits per heavy atom. The summed E-state index contributed by atoms with van der Waals surface area (Å²) in [4.78, 5) is 6.05. The minimum Gasteiger partial charge on any atom is -0.381 e. The van der Waals surface area contributed by atoms with Crippen molar-refractivity contribution in [3.05, 3.63) is 70.5 Å². The van der Waals surface area contributed by atoms with Crippen molar-refractivity contribution in [2.45, 2.75) is 23.2 Å². The molecule has 1 saturated heterocycles. The number of rotatable bonds is 6. The van der Waals surface area contributed by atoms with Crippen LogP contribution >= 0.6 is 23.3 Å². The molecule has 2 heterocycles. The average molecular weight is 408 g/mol. The van der Waals surface area contributed by atoms with Gasteiger partial charge >= 0.3 is 0 Å². The van der Waals surface area contributed by atoms with Crippen LogP contribution in [0, 0.1) is 11.3 Å². The van der Waals surface area contributed by atoms with Crippen LogP contribution in [0.5, 0.6) is 0 Å². The number of nitrogens with one attached hydrogen (secondary N) is 1. The summed E-state index contributed by atoms with van der Waals surface area (Å²) in [6.45, 7) is 2.34. The van der Waals surface area contributed by atoms with Crippen LogP contribution in [0.1, 0.15) is 23.4 Å². The van der Waals surface area contributed by atoms with Crippen molar-refractivity contribution in [3.8, 4) is 17.3 Å². The van der Waals surface area contributed by atoms with Crippen LogP contribution in [0.3, 0.4) is 0 Å². The Bertz CT molecular complexity index is 959. The highest BCUT2D eigenvalue weighted by Gasteiger charge is 2.37. The number of ether oxygens (including phenoxy) is 1. The second-order valence-corrected chi connectivity index (χ2v) is 8.68. The fourth-order valence-corrected chi connectivity index (χ4v) is 5.31. The van der Waals surface area contributed by atoms with E-state index < -0.39 is 0 Å². The highest BCUT2D eigenvalue weighted by atomic mass is 32.2. The molecule has 28 heavy (non-hydrogen) atoms. The van der Waals surface area contributed by atoms with E-state index in [0.29, 0.717) is 5.56 Å². The normalized spacial score (nSPS) is 15.8. The smallest absolute Gasteiger partial charge is 0.101 e. The SMILES string of the molecule is N#Cc1cccc(SNCC2(c3nc(-c4ccccc4)cs3)CCOCC2)c1. The second-order valence-electron chi connectivity index (χ2n) is 6.86. The van der Waals surface area contributed by atoms with Crippen LogP contribution in [-0.4, -0.2) is 24.7 Å². The van der Waals surface area contributed by atoms with Crippen molar-refractivity contribution < 1.29 is 4.74 Å². The third kappa shape index (κ3) is 4.29. The summed E-state index contributed by atoms with van der Waals surface area (Å²) in [5, 5.41) is 12.4. The number of hydrogen-bond acceptors (Lipinski definition) is 6. The number of hydrogen-bond donors (Lipinski definition) is 1. The molecule has 2 aromatic carbocycles. The van der Waals surface area contributed by atoms with E-state index in [4.69, 9.17) is 15.0 Å². The fraction of sp³-hybridized carbons (Fsp3) is 0.273. The van der Waals surface area contributed by atoms with Gasteiger partial charge in [-0.15, -0.1) is 11.3 Å². The third-order valence-electron chi connectivity index (χ3n) is 5.04. The zero-order valence-electron chi connectivity index (χ0n) is 15.4. The van der Waals surface area contributed by atoms with Gasteiger partial charge in [0.1, 0.15) is 5.01 Å². The lowest BCUT2D eigenvalue weighted by Crippen LogP contribution is -2.41. The lowest BCUT2D eigenvalue weighted by Gasteiger charge is -2.35. The minimum absolute atomic E-state index is 0.0181. The molecule has 0 atom stereocenters. The molecule has 142 valence electrons. The highest BCUT2D eigenvalue weighted by molar-refractivity contribution is 7.97. The average Bonchev–Trinajstić information content (AvgIpc) is 3.26. The lowest BCUT2D eigenvalue weighted by molar-refractivity contribution is 0.0519. The molecule has 1 aliphatic heterocycles. The molecule has 0 amide bonds. The van der Waals surface area contributed by atoms with Crippen molar-refractivity contribution in [1.29, 1.82) is 5.26 Å². The molecule has 0 radical (unpaired) electrons. The van der Waals surface area contributed by atoms with E-state index in [9.17, 15) is 0 Å². The highest BCUT2D eigenvalue weighted by Crippen LogP contribution is 2.38. The monoisotopic (exact) mass is 407 g/mol. The van der Waals surface area contributed by atoms with Crippen molar-refractivity contribution in [3.63, 3.8) is 0 Å². The van der Waals surface area contributed by atoms with E-state index in [1.165, 1.54) is 5.01 Å². The number of aromatic nitrogens is 1. The van der Waals surface area contributed by atoms with Gasteiger partial charge in [-0.2, -0.15) is 5.26 Å². The maximum absolute atomic E-state index is 9.08. The molecule has 0 bridgehead atoms. The Balaban J connectivity index is 1.50. The first-order chi connectivity index (χ1) is 13.8. The van der Waals surface area contributed by atoms with Gasteiger partial charge in [0.2, 0.25) is 0 Å². The summed E-state index contributed by atoms with van der Waals surface area (Å²) in [7, 11) is 0. The number of nitriles is 1. The van der Waals surface area contributed by atoms with Crippen LogP contribution in [0.4, 0.5) is 0 Å². The topological polar surface area (TPSA) is 57.9 Å². The molecule has 1 aromatic heterocycles. The van der Waals surface area contributed by atoms with E-state index in [1.807, 2.05) is 42.5 Å². The van der Waals surface area contributed by atoms with Gasteiger partial charge in [-0.1, -0.05) is 36.4 Å². The molecule has 1 aliphatic rings. The predicted molar refractivity (Wildman–Crippen MR) is 114 cm³/mol. The molecule has 0 unspecified atom stereocenters. The molecule has 6 heteroatoms. The number of nitrogens with zero attached hydrogens (tertiary/aromatic N) is 2. The van der Waals surface area contributed by atoms with Gasteiger partial charge in [0.05, 0.1) is 17.3 Å². The Morgan fingerprint density at radius 2 is 1.96 bits per heavy atom. The molecule has 4 nitrogen and oxygen atoms in total. The van der Waals surface area contributed by atoms with Gasteiger partial charge in [-0.3, -0.25) is 4.72 Å². The van der Waals surface area contributed by atoms with E-state index in [2.05, 4.69) is 28.3 Å². The molecule has 4 rings (SSSR count). The van der Waals surface area contributed by atoms with Crippen LogP contribution < -0.4 is 4.72 Å². The largest absolute Gasteiger partial charge is 0.381 e. The second kappa shape index (κ2) is 8.89. The summed E-state index contributed by atoms with van der Waals surface area (Å²) in [6, 6.07) is 20.2. The Kier molecular flexibility index (Phi) is 6.08. The molecule has 1 fully saturated rings. The summed E-state index contributed by atoms with van der Waals surface area (Å²) in [5.41, 5.74) is 2.86. The van der Waals surface area contributed by atoms with Crippen molar-refractivity contribution >= 4 is 23.3 Å². The maximum atomic E-state index is 9.08. The Labute approximate surface area is 173 Å². The molecule has 0 saturated carbocycles. The van der Waals surface area contributed by atoms with E-state index in [-0.39, 0.29) is 5.41 Å². The van der Waals surface area contributed by atoms with E-state index >= 15 is 0 Å². The first-order valence-electron chi connectivity index (χ1n) is 9.28. The van der Waals surface area contributed by atoms with Gasteiger partial charge in [-0.25, -0.2) is 4.98 Å². The quantitative estimate of drug-likeness (QED) is 0.581. The van der Waals surface area contributed by atoms with Gasteiger partial charge in [0.25, 0.3) is 0 Å². The van der Waals surface area contributed by atoms with Gasteiger partial charge in [0.15, 0.2) is 0 Å². The third-order valence-corrected chi connectivity index (χ3v) is 6.91. The summed E-state index contributed by atoms with van der Waals surface area (Å²) in [5.74, 6) is 0. The molecular formula is C22H21N3OS2. The molecule has 0 spiro atoms. The first-order valence-corrected chi connectivity index (χ1v) is 11.0. The maximum Gasteiger partial charge on any atom is 0.101 e. The standard InChI is InChI=1S/C22H21N3OS2/c23-14-17-5-4-8-19(13-17)28-24-16-22(9-11-26-12-10-22)21-25-20(15-27-21)18-6-2-1-3-7-18/h1-8,13,15,24H,9-12,16H2.